The zero-order valence-corrected chi connectivity index (χ0v) is 20.3. The van der Waals surface area contributed by atoms with Gasteiger partial charge in [-0.05, 0) is 53.4 Å². The molecule has 2 N–H and O–H groups in total. The van der Waals surface area contributed by atoms with E-state index in [9.17, 15) is 4.79 Å². The van der Waals surface area contributed by atoms with Crippen LogP contribution in [0, 0.1) is 0 Å². The quantitative estimate of drug-likeness (QED) is 0.399. The summed E-state index contributed by atoms with van der Waals surface area (Å²) in [5.41, 5.74) is 5.78. The molecule has 35 heavy (non-hydrogen) atoms. The highest BCUT2D eigenvalue weighted by Gasteiger charge is 2.22. The summed E-state index contributed by atoms with van der Waals surface area (Å²) in [6.07, 6.45) is 1.53. The van der Waals surface area contributed by atoms with Gasteiger partial charge in [-0.3, -0.25) is 4.79 Å². The minimum absolute atomic E-state index is 0.135. The minimum atomic E-state index is -0.135. The molecule has 0 radical (unpaired) electrons. The van der Waals surface area contributed by atoms with Crippen molar-refractivity contribution in [1.29, 1.82) is 0 Å². The monoisotopic (exact) mass is 472 g/mol. The summed E-state index contributed by atoms with van der Waals surface area (Å²) in [7, 11) is 3.27. The molecule has 1 amide bonds. The Kier molecular flexibility index (Phi) is 8.54. The van der Waals surface area contributed by atoms with E-state index in [1.165, 1.54) is 0 Å². The Labute approximate surface area is 206 Å². The summed E-state index contributed by atoms with van der Waals surface area (Å²) in [6, 6.07) is 24.1. The molecule has 0 aliphatic carbocycles. The molecule has 0 spiro atoms. The zero-order valence-electron chi connectivity index (χ0n) is 20.3. The molecule has 1 heterocycles. The van der Waals surface area contributed by atoms with Crippen LogP contribution in [-0.2, 0) is 9.53 Å². The average Bonchev–Trinajstić information content (AvgIpc) is 2.92. The molecule has 1 aliphatic heterocycles. The predicted molar refractivity (Wildman–Crippen MR) is 140 cm³/mol. The number of hydrogen-bond acceptors (Lipinski definition) is 5. The molecule has 6 heteroatoms. The van der Waals surface area contributed by atoms with Crippen molar-refractivity contribution in [3.05, 3.63) is 83.9 Å². The van der Waals surface area contributed by atoms with E-state index in [0.717, 1.165) is 47.2 Å². The van der Waals surface area contributed by atoms with Gasteiger partial charge in [-0.15, -0.1) is 0 Å². The van der Waals surface area contributed by atoms with Crippen molar-refractivity contribution >= 4 is 17.2 Å². The predicted octanol–water partition coefficient (Wildman–Crippen LogP) is 5.16. The van der Waals surface area contributed by atoms with E-state index in [2.05, 4.69) is 47.0 Å². The van der Waals surface area contributed by atoms with Crippen LogP contribution in [0.4, 0.5) is 5.69 Å². The molecule has 182 valence electrons. The van der Waals surface area contributed by atoms with Gasteiger partial charge in [-0.1, -0.05) is 48.5 Å². The summed E-state index contributed by atoms with van der Waals surface area (Å²) in [5, 5.41) is 6.41. The smallest absolute Gasteiger partial charge is 0.253 e. The lowest BCUT2D eigenvalue weighted by Crippen LogP contribution is -2.31. The Balaban J connectivity index is 1.60. The van der Waals surface area contributed by atoms with Crippen LogP contribution in [0.25, 0.3) is 16.7 Å². The maximum Gasteiger partial charge on any atom is 0.253 e. The van der Waals surface area contributed by atoms with Crippen LogP contribution in [-0.4, -0.2) is 46.4 Å². The van der Waals surface area contributed by atoms with Gasteiger partial charge in [-0.2, -0.15) is 0 Å². The van der Waals surface area contributed by atoms with E-state index in [1.807, 2.05) is 30.3 Å². The first kappa shape index (κ1) is 24.5. The van der Waals surface area contributed by atoms with E-state index >= 15 is 0 Å². The molecule has 0 bridgehead atoms. The molecule has 0 fully saturated rings. The van der Waals surface area contributed by atoms with Crippen molar-refractivity contribution < 1.29 is 19.0 Å². The molecule has 3 aromatic rings. The lowest BCUT2D eigenvalue weighted by atomic mass is 9.91. The third-order valence-corrected chi connectivity index (χ3v) is 6.00. The molecular weight excluding hydrogens is 440 g/mol. The van der Waals surface area contributed by atoms with E-state index < -0.39 is 0 Å². The van der Waals surface area contributed by atoms with Crippen LogP contribution in [0.2, 0.25) is 0 Å². The summed E-state index contributed by atoms with van der Waals surface area (Å²) >= 11 is 0. The molecule has 0 unspecified atom stereocenters. The number of nitrogens with one attached hydrogen (secondary N) is 2. The number of rotatable bonds is 10. The number of benzene rings is 3. The van der Waals surface area contributed by atoms with E-state index in [0.29, 0.717) is 36.9 Å². The normalized spacial score (nSPS) is 13.4. The first-order valence-electron chi connectivity index (χ1n) is 11.9. The van der Waals surface area contributed by atoms with Crippen molar-refractivity contribution in [2.45, 2.75) is 12.8 Å². The molecule has 0 saturated heterocycles. The van der Waals surface area contributed by atoms with Crippen LogP contribution >= 0.6 is 0 Å². The molecule has 4 rings (SSSR count). The molecule has 3 aromatic carbocycles. The fraction of sp³-hybridized carbons (Fsp3) is 0.276. The Morgan fingerprint density at radius 3 is 2.51 bits per heavy atom. The third kappa shape index (κ3) is 6.29. The highest BCUT2D eigenvalue weighted by molar-refractivity contribution is 6.10. The van der Waals surface area contributed by atoms with Gasteiger partial charge in [-0.25, -0.2) is 0 Å². The number of anilines is 1. The second kappa shape index (κ2) is 12.2. The Hall–Kier alpha value is -3.61. The molecular formula is C29H32N2O4. The number of carbonyl (C=O) groups excluding carboxylic acids is 1. The topological polar surface area (TPSA) is 68.8 Å². The van der Waals surface area contributed by atoms with Gasteiger partial charge in [0.15, 0.2) is 0 Å². The highest BCUT2D eigenvalue weighted by atomic mass is 16.5. The third-order valence-electron chi connectivity index (χ3n) is 6.00. The Morgan fingerprint density at radius 2 is 1.71 bits per heavy atom. The highest BCUT2D eigenvalue weighted by Crippen LogP contribution is 2.32. The van der Waals surface area contributed by atoms with Gasteiger partial charge >= 0.3 is 0 Å². The number of amides is 1. The van der Waals surface area contributed by atoms with Gasteiger partial charge in [0.25, 0.3) is 5.91 Å². The second-order valence-electron chi connectivity index (χ2n) is 8.34. The minimum Gasteiger partial charge on any atom is -0.497 e. The fourth-order valence-electron chi connectivity index (χ4n) is 4.17. The summed E-state index contributed by atoms with van der Waals surface area (Å²) in [6.45, 7) is 2.43. The molecule has 1 aliphatic rings. The zero-order chi connectivity index (χ0) is 24.5. The largest absolute Gasteiger partial charge is 0.497 e. The van der Waals surface area contributed by atoms with Gasteiger partial charge in [0.1, 0.15) is 11.5 Å². The van der Waals surface area contributed by atoms with Crippen molar-refractivity contribution in [2.24, 2.45) is 0 Å². The SMILES string of the molecule is COCCCOc1cc(OC)ccc1NC(=O)C1=C(c2cccc(-c3ccccc3)c2)CCNC1. The van der Waals surface area contributed by atoms with Crippen molar-refractivity contribution in [3.8, 4) is 22.6 Å². The van der Waals surface area contributed by atoms with Gasteiger partial charge in [0, 0.05) is 38.3 Å². The van der Waals surface area contributed by atoms with Gasteiger partial charge in [0.2, 0.25) is 0 Å². The van der Waals surface area contributed by atoms with Crippen molar-refractivity contribution in [3.63, 3.8) is 0 Å². The number of methoxy groups -OCH3 is 2. The van der Waals surface area contributed by atoms with Crippen LogP contribution in [0.1, 0.15) is 18.4 Å². The average molecular weight is 473 g/mol. The molecule has 0 atom stereocenters. The van der Waals surface area contributed by atoms with Crippen molar-refractivity contribution in [2.75, 3.05) is 45.8 Å². The van der Waals surface area contributed by atoms with Crippen LogP contribution in [0.3, 0.4) is 0 Å². The maximum absolute atomic E-state index is 13.5. The van der Waals surface area contributed by atoms with Crippen LogP contribution < -0.4 is 20.1 Å². The maximum atomic E-state index is 13.5. The number of ether oxygens (including phenoxy) is 3. The van der Waals surface area contributed by atoms with Crippen LogP contribution in [0.5, 0.6) is 11.5 Å². The molecule has 0 saturated carbocycles. The number of hydrogen-bond donors (Lipinski definition) is 2. The first-order valence-corrected chi connectivity index (χ1v) is 11.9. The molecule has 6 nitrogen and oxygen atoms in total. The summed E-state index contributed by atoms with van der Waals surface area (Å²) in [5.74, 6) is 1.11. The van der Waals surface area contributed by atoms with E-state index in [4.69, 9.17) is 14.2 Å². The first-order chi connectivity index (χ1) is 17.2. The Morgan fingerprint density at radius 1 is 0.914 bits per heavy atom. The van der Waals surface area contributed by atoms with E-state index in [-0.39, 0.29) is 5.91 Å². The number of carbonyl (C=O) groups is 1. The lowest BCUT2D eigenvalue weighted by molar-refractivity contribution is -0.112. The lowest BCUT2D eigenvalue weighted by Gasteiger charge is -2.22. The van der Waals surface area contributed by atoms with Crippen molar-refractivity contribution in [1.82, 2.24) is 5.32 Å². The standard InChI is InChI=1S/C29H32N2O4/c1-33-16-7-17-35-28-19-24(34-2)12-13-27(28)31-29(32)26-20-30-15-14-25(26)23-11-6-10-22(18-23)21-8-4-3-5-9-21/h3-6,8-13,18-19,30H,7,14-17,20H2,1-2H3,(H,31,32). The van der Waals surface area contributed by atoms with Crippen LogP contribution in [0.15, 0.2) is 78.4 Å². The second-order valence-corrected chi connectivity index (χ2v) is 8.34. The molecule has 0 aromatic heterocycles. The fourth-order valence-corrected chi connectivity index (χ4v) is 4.17. The van der Waals surface area contributed by atoms with E-state index in [1.54, 1.807) is 20.3 Å². The summed E-state index contributed by atoms with van der Waals surface area (Å²) in [4.78, 5) is 13.5. The van der Waals surface area contributed by atoms with Gasteiger partial charge < -0.3 is 24.8 Å². The Bertz CT molecular complexity index is 1170. The summed E-state index contributed by atoms with van der Waals surface area (Å²) < 4.78 is 16.4. The van der Waals surface area contributed by atoms with Gasteiger partial charge in [0.05, 0.1) is 19.4 Å².